The Bertz CT molecular complexity index is 516. The molecule has 1 aliphatic rings. The van der Waals surface area contributed by atoms with Gasteiger partial charge >= 0.3 is 5.97 Å². The van der Waals surface area contributed by atoms with E-state index in [1.807, 2.05) is 0 Å². The minimum absolute atomic E-state index is 0.0694. The molecule has 2 rings (SSSR count). The molecule has 17 heavy (non-hydrogen) atoms. The first-order valence-corrected chi connectivity index (χ1v) is 6.33. The normalized spacial score (nSPS) is 23.6. The number of rotatable bonds is 3. The number of pyridine rings is 1. The lowest BCUT2D eigenvalue weighted by Gasteiger charge is -2.11. The van der Waals surface area contributed by atoms with Gasteiger partial charge in [-0.25, -0.2) is 0 Å². The zero-order chi connectivity index (χ0) is 12.5. The van der Waals surface area contributed by atoms with Crippen LogP contribution in [0.15, 0.2) is 24.4 Å². The Morgan fingerprint density at radius 2 is 2.35 bits per heavy atom. The Kier molecular flexibility index (Phi) is 3.09. The molecule has 0 spiro atoms. The van der Waals surface area contributed by atoms with Gasteiger partial charge in [-0.2, -0.15) is 17.4 Å². The number of aromatic nitrogens is 1. The Morgan fingerprint density at radius 3 is 2.88 bits per heavy atom. The summed E-state index contributed by atoms with van der Waals surface area (Å²) in [6, 6.07) is 4.06. The number of hydrogen-bond acceptors (Lipinski definition) is 4. The van der Waals surface area contributed by atoms with E-state index in [9.17, 15) is 13.2 Å². The Balaban J connectivity index is 2.15. The molecule has 1 aromatic heterocycles. The highest BCUT2D eigenvalue weighted by Crippen LogP contribution is 2.13. The highest BCUT2D eigenvalue weighted by molar-refractivity contribution is 7.87. The fraction of sp³-hybridized carbons (Fsp3) is 0.333. The molecule has 92 valence electrons. The molecule has 2 heterocycles. The molecule has 0 saturated carbocycles. The van der Waals surface area contributed by atoms with E-state index < -0.39 is 22.2 Å². The van der Waals surface area contributed by atoms with Gasteiger partial charge in [-0.05, 0) is 12.1 Å². The molecule has 1 aromatic rings. The van der Waals surface area contributed by atoms with E-state index in [0.717, 1.165) is 4.31 Å². The largest absolute Gasteiger partial charge is 0.480 e. The number of carboxylic acid groups (broad SMARTS) is 1. The Morgan fingerprint density at radius 1 is 1.59 bits per heavy atom. The molecule has 0 radical (unpaired) electrons. The lowest BCUT2D eigenvalue weighted by molar-refractivity contribution is -0.138. The molecule has 2 N–H and O–H groups in total. The lowest BCUT2D eigenvalue weighted by atomic mass is 10.3. The van der Waals surface area contributed by atoms with Gasteiger partial charge in [0.15, 0.2) is 0 Å². The Labute approximate surface area is 98.3 Å². The molecular formula is C9H11N3O4S. The van der Waals surface area contributed by atoms with Crippen LogP contribution in [0.4, 0.5) is 0 Å². The minimum atomic E-state index is -3.72. The predicted molar refractivity (Wildman–Crippen MR) is 58.1 cm³/mol. The van der Waals surface area contributed by atoms with Gasteiger partial charge in [0.2, 0.25) is 0 Å². The molecule has 1 unspecified atom stereocenters. The number of carbonyl (C=O) groups is 1. The van der Waals surface area contributed by atoms with Crippen molar-refractivity contribution in [2.75, 3.05) is 6.54 Å². The third-order valence-corrected chi connectivity index (χ3v) is 3.92. The summed E-state index contributed by atoms with van der Waals surface area (Å²) < 4.78 is 26.3. The first-order valence-electron chi connectivity index (χ1n) is 4.89. The molecule has 1 saturated heterocycles. The molecular weight excluding hydrogens is 246 g/mol. The standard InChI is InChI=1S/C9H11N3O4S/c13-9(14)8-6-12(17(15,16)11-8)5-7-3-1-2-4-10-7/h1-4,8,11H,5-6H2,(H,13,14). The molecule has 7 nitrogen and oxygen atoms in total. The van der Waals surface area contributed by atoms with Crippen LogP contribution in [0.2, 0.25) is 0 Å². The van der Waals surface area contributed by atoms with Gasteiger partial charge in [-0.1, -0.05) is 6.07 Å². The van der Waals surface area contributed by atoms with E-state index in [0.29, 0.717) is 5.69 Å². The van der Waals surface area contributed by atoms with Crippen molar-refractivity contribution in [1.29, 1.82) is 0 Å². The molecule has 0 aromatic carbocycles. The van der Waals surface area contributed by atoms with Crippen LogP contribution in [0.25, 0.3) is 0 Å². The van der Waals surface area contributed by atoms with Crippen LogP contribution < -0.4 is 4.72 Å². The maximum Gasteiger partial charge on any atom is 0.323 e. The molecule has 0 aliphatic carbocycles. The second kappa shape index (κ2) is 4.40. The third kappa shape index (κ3) is 2.60. The van der Waals surface area contributed by atoms with Crippen molar-refractivity contribution in [1.82, 2.24) is 14.0 Å². The summed E-state index contributed by atoms with van der Waals surface area (Å²) >= 11 is 0. The maximum atomic E-state index is 11.6. The van der Waals surface area contributed by atoms with Gasteiger partial charge in [-0.3, -0.25) is 9.78 Å². The predicted octanol–water partition coefficient (Wildman–Crippen LogP) is -0.815. The van der Waals surface area contributed by atoms with Crippen molar-refractivity contribution in [3.8, 4) is 0 Å². The summed E-state index contributed by atoms with van der Waals surface area (Å²) in [5.41, 5.74) is 0.573. The highest BCUT2D eigenvalue weighted by atomic mass is 32.2. The second-order valence-corrected chi connectivity index (χ2v) is 5.33. The molecule has 1 atom stereocenters. The van der Waals surface area contributed by atoms with Crippen LogP contribution in [0.5, 0.6) is 0 Å². The highest BCUT2D eigenvalue weighted by Gasteiger charge is 2.39. The van der Waals surface area contributed by atoms with Gasteiger partial charge in [0, 0.05) is 12.7 Å². The molecule has 0 amide bonds. The first kappa shape index (κ1) is 12.0. The van der Waals surface area contributed by atoms with Crippen molar-refractivity contribution in [2.24, 2.45) is 0 Å². The van der Waals surface area contributed by atoms with Crippen LogP contribution in [-0.4, -0.2) is 41.4 Å². The van der Waals surface area contributed by atoms with Crippen molar-refractivity contribution >= 4 is 16.2 Å². The van der Waals surface area contributed by atoms with Crippen LogP contribution in [0.1, 0.15) is 5.69 Å². The second-order valence-electron chi connectivity index (χ2n) is 3.63. The van der Waals surface area contributed by atoms with Gasteiger partial charge in [0.05, 0.1) is 12.2 Å². The minimum Gasteiger partial charge on any atom is -0.480 e. The molecule has 1 aliphatic heterocycles. The van der Waals surface area contributed by atoms with E-state index in [1.165, 1.54) is 0 Å². The van der Waals surface area contributed by atoms with Crippen LogP contribution in [-0.2, 0) is 21.5 Å². The lowest BCUT2D eigenvalue weighted by Crippen LogP contribution is -2.34. The molecule has 1 fully saturated rings. The van der Waals surface area contributed by atoms with E-state index >= 15 is 0 Å². The van der Waals surface area contributed by atoms with Crippen molar-refractivity contribution in [3.05, 3.63) is 30.1 Å². The van der Waals surface area contributed by atoms with Crippen LogP contribution in [0, 0.1) is 0 Å². The zero-order valence-electron chi connectivity index (χ0n) is 8.78. The van der Waals surface area contributed by atoms with Crippen molar-refractivity contribution in [3.63, 3.8) is 0 Å². The number of nitrogens with one attached hydrogen (secondary N) is 1. The number of carboxylic acids is 1. The fourth-order valence-corrected chi connectivity index (χ4v) is 2.88. The summed E-state index contributed by atoms with van der Waals surface area (Å²) in [4.78, 5) is 14.7. The molecule has 0 bridgehead atoms. The summed E-state index contributed by atoms with van der Waals surface area (Å²) in [6.45, 7) is -0.0196. The van der Waals surface area contributed by atoms with Gasteiger partial charge in [0.25, 0.3) is 10.2 Å². The fourth-order valence-electron chi connectivity index (χ4n) is 1.54. The zero-order valence-corrected chi connectivity index (χ0v) is 9.59. The van der Waals surface area contributed by atoms with Crippen molar-refractivity contribution in [2.45, 2.75) is 12.6 Å². The summed E-state index contributed by atoms with van der Waals surface area (Å²) in [5, 5.41) is 8.76. The van der Waals surface area contributed by atoms with Crippen LogP contribution in [0.3, 0.4) is 0 Å². The van der Waals surface area contributed by atoms with Gasteiger partial charge in [-0.15, -0.1) is 0 Å². The summed E-state index contributed by atoms with van der Waals surface area (Å²) in [6.07, 6.45) is 1.56. The maximum absolute atomic E-state index is 11.6. The summed E-state index contributed by atoms with van der Waals surface area (Å²) in [7, 11) is -3.72. The van der Waals surface area contributed by atoms with E-state index in [4.69, 9.17) is 5.11 Å². The quantitative estimate of drug-likeness (QED) is 0.737. The average molecular weight is 257 g/mol. The first-order chi connectivity index (χ1) is 7.99. The average Bonchev–Trinajstić information content (AvgIpc) is 2.56. The topological polar surface area (TPSA) is 99.6 Å². The van der Waals surface area contributed by atoms with Gasteiger partial charge in [0.1, 0.15) is 6.04 Å². The SMILES string of the molecule is O=C(O)C1CN(Cc2ccccn2)S(=O)(=O)N1. The third-order valence-electron chi connectivity index (χ3n) is 2.38. The number of aliphatic carboxylic acids is 1. The van der Waals surface area contributed by atoms with Gasteiger partial charge < -0.3 is 5.11 Å². The van der Waals surface area contributed by atoms with Crippen molar-refractivity contribution < 1.29 is 18.3 Å². The van der Waals surface area contributed by atoms with Crippen LogP contribution >= 0.6 is 0 Å². The molecule has 8 heteroatoms. The number of nitrogens with zero attached hydrogens (tertiary/aromatic N) is 2. The summed E-state index contributed by atoms with van der Waals surface area (Å²) in [5.74, 6) is -1.18. The number of hydrogen-bond donors (Lipinski definition) is 2. The van der Waals surface area contributed by atoms with E-state index in [1.54, 1.807) is 24.4 Å². The smallest absolute Gasteiger partial charge is 0.323 e. The Hall–Kier alpha value is -1.51. The van der Waals surface area contributed by atoms with E-state index in [2.05, 4.69) is 9.71 Å². The monoisotopic (exact) mass is 257 g/mol. The van der Waals surface area contributed by atoms with E-state index in [-0.39, 0.29) is 13.1 Å².